The number of benzene rings is 1. The van der Waals surface area contributed by atoms with Crippen LogP contribution in [0.4, 0.5) is 4.79 Å². The lowest BCUT2D eigenvalue weighted by molar-refractivity contribution is -0.128. The highest BCUT2D eigenvalue weighted by Crippen LogP contribution is 2.16. The molecule has 1 fully saturated rings. The molecule has 1 saturated heterocycles. The monoisotopic (exact) mass is 310 g/mol. The zero-order valence-electron chi connectivity index (χ0n) is 12.1. The van der Waals surface area contributed by atoms with Gasteiger partial charge in [0.2, 0.25) is 0 Å². The number of urea groups is 1. The van der Waals surface area contributed by atoms with Crippen LogP contribution in [0, 0.1) is 5.92 Å². The molecule has 0 spiro atoms. The van der Waals surface area contributed by atoms with E-state index in [1.54, 1.807) is 24.3 Å². The van der Waals surface area contributed by atoms with Crippen molar-refractivity contribution in [1.82, 2.24) is 10.2 Å². The Labute approximate surface area is 129 Å². The van der Waals surface area contributed by atoms with Crippen LogP contribution in [0.25, 0.3) is 0 Å². The van der Waals surface area contributed by atoms with Gasteiger partial charge in [0.15, 0.2) is 0 Å². The molecular formula is C15H19ClN2O3. The van der Waals surface area contributed by atoms with Crippen LogP contribution >= 0.6 is 11.6 Å². The highest BCUT2D eigenvalue weighted by atomic mass is 35.5. The van der Waals surface area contributed by atoms with Gasteiger partial charge in [-0.05, 0) is 36.6 Å². The van der Waals surface area contributed by atoms with Gasteiger partial charge >= 0.3 is 6.03 Å². The summed E-state index contributed by atoms with van der Waals surface area (Å²) in [6.07, 6.45) is 0.590. The van der Waals surface area contributed by atoms with E-state index in [0.717, 1.165) is 5.75 Å². The molecule has 114 valence electrons. The third kappa shape index (κ3) is 3.88. The Bertz CT molecular complexity index is 516. The summed E-state index contributed by atoms with van der Waals surface area (Å²) in [5, 5.41) is 3.35. The number of hydrogen-bond acceptors (Lipinski definition) is 3. The third-order valence-electron chi connectivity index (χ3n) is 3.33. The van der Waals surface area contributed by atoms with Crippen LogP contribution in [0.15, 0.2) is 24.3 Å². The minimum atomic E-state index is -0.408. The van der Waals surface area contributed by atoms with Crippen LogP contribution in [-0.2, 0) is 4.79 Å². The molecular weight excluding hydrogens is 292 g/mol. The Morgan fingerprint density at radius 1 is 1.29 bits per heavy atom. The van der Waals surface area contributed by atoms with Crippen molar-refractivity contribution in [3.8, 4) is 5.75 Å². The first-order chi connectivity index (χ1) is 9.99. The first-order valence-electron chi connectivity index (χ1n) is 6.99. The smallest absolute Gasteiger partial charge is 0.324 e. The summed E-state index contributed by atoms with van der Waals surface area (Å²) in [7, 11) is 0. The van der Waals surface area contributed by atoms with Gasteiger partial charge in [0, 0.05) is 11.6 Å². The number of halogens is 1. The number of rotatable bonds is 6. The molecule has 1 unspecified atom stereocenters. The molecule has 1 aliphatic heterocycles. The van der Waals surface area contributed by atoms with Gasteiger partial charge in [-0.1, -0.05) is 25.4 Å². The summed E-state index contributed by atoms with van der Waals surface area (Å²) >= 11 is 5.79. The number of nitrogens with zero attached hydrogens (tertiary/aromatic N) is 1. The Morgan fingerprint density at radius 2 is 1.95 bits per heavy atom. The summed E-state index contributed by atoms with van der Waals surface area (Å²) < 4.78 is 5.54. The van der Waals surface area contributed by atoms with Crippen molar-refractivity contribution in [3.05, 3.63) is 29.3 Å². The van der Waals surface area contributed by atoms with Crippen LogP contribution in [0.3, 0.4) is 0 Å². The molecule has 1 N–H and O–H groups in total. The highest BCUT2D eigenvalue weighted by Gasteiger charge is 2.38. The van der Waals surface area contributed by atoms with Gasteiger partial charge in [-0.15, -0.1) is 0 Å². The van der Waals surface area contributed by atoms with Gasteiger partial charge in [0.25, 0.3) is 5.91 Å². The van der Waals surface area contributed by atoms with E-state index < -0.39 is 6.04 Å². The van der Waals surface area contributed by atoms with Crippen molar-refractivity contribution in [2.24, 2.45) is 5.92 Å². The van der Waals surface area contributed by atoms with E-state index in [4.69, 9.17) is 16.3 Å². The molecule has 1 aromatic carbocycles. The van der Waals surface area contributed by atoms with Crippen molar-refractivity contribution in [2.45, 2.75) is 26.3 Å². The number of carbonyl (C=O) groups is 2. The second-order valence-electron chi connectivity index (χ2n) is 5.32. The second kappa shape index (κ2) is 6.80. The van der Waals surface area contributed by atoms with Crippen LogP contribution in [0.1, 0.15) is 20.3 Å². The molecule has 0 aromatic heterocycles. The number of nitrogens with one attached hydrogen (secondary N) is 1. The van der Waals surface area contributed by atoms with Crippen molar-refractivity contribution in [3.63, 3.8) is 0 Å². The highest BCUT2D eigenvalue weighted by molar-refractivity contribution is 6.30. The molecule has 5 nitrogen and oxygen atoms in total. The van der Waals surface area contributed by atoms with E-state index in [9.17, 15) is 9.59 Å². The number of amides is 3. The van der Waals surface area contributed by atoms with Crippen LogP contribution in [0.5, 0.6) is 5.75 Å². The summed E-state index contributed by atoms with van der Waals surface area (Å²) in [4.78, 5) is 25.0. The fraction of sp³-hybridized carbons (Fsp3) is 0.467. The second-order valence-corrected chi connectivity index (χ2v) is 5.75. The fourth-order valence-electron chi connectivity index (χ4n) is 2.15. The molecule has 3 amide bonds. The molecule has 1 heterocycles. The van der Waals surface area contributed by atoms with E-state index in [-0.39, 0.29) is 17.9 Å². The quantitative estimate of drug-likeness (QED) is 0.649. The Kier molecular flexibility index (Phi) is 5.07. The van der Waals surface area contributed by atoms with Crippen LogP contribution < -0.4 is 10.1 Å². The molecule has 0 bridgehead atoms. The van der Waals surface area contributed by atoms with E-state index in [1.165, 1.54) is 4.90 Å². The number of hydrogen-bond donors (Lipinski definition) is 1. The Hall–Kier alpha value is -1.75. The predicted octanol–water partition coefficient (Wildman–Crippen LogP) is 2.69. The topological polar surface area (TPSA) is 58.6 Å². The minimum Gasteiger partial charge on any atom is -0.494 e. The molecule has 2 rings (SSSR count). The Balaban J connectivity index is 1.77. The molecule has 0 saturated carbocycles. The van der Waals surface area contributed by atoms with Crippen LogP contribution in [0.2, 0.25) is 5.02 Å². The molecule has 1 atom stereocenters. The molecule has 6 heteroatoms. The van der Waals surface area contributed by atoms with E-state index in [0.29, 0.717) is 24.6 Å². The lowest BCUT2D eigenvalue weighted by atomic mass is 10.1. The largest absolute Gasteiger partial charge is 0.494 e. The first kappa shape index (κ1) is 15.6. The summed E-state index contributed by atoms with van der Waals surface area (Å²) in [6.45, 7) is 4.62. The van der Waals surface area contributed by atoms with Crippen molar-refractivity contribution < 1.29 is 14.3 Å². The van der Waals surface area contributed by atoms with Gasteiger partial charge in [-0.2, -0.15) is 0 Å². The van der Waals surface area contributed by atoms with Gasteiger partial charge < -0.3 is 10.1 Å². The van der Waals surface area contributed by atoms with Gasteiger partial charge in [-0.25, -0.2) is 4.79 Å². The van der Waals surface area contributed by atoms with Gasteiger partial charge in [0.1, 0.15) is 11.8 Å². The molecule has 0 radical (unpaired) electrons. The Morgan fingerprint density at radius 3 is 2.52 bits per heavy atom. The molecule has 1 aromatic rings. The summed E-state index contributed by atoms with van der Waals surface area (Å²) in [5.74, 6) is 0.662. The standard InChI is InChI=1S/C15H19ClN2O3/c1-10(2)13-14(19)18(15(20)17-13)8-3-9-21-12-6-4-11(16)5-7-12/h4-7,10,13H,3,8-9H2,1-2H3,(H,17,20). The SMILES string of the molecule is CC(C)C1NC(=O)N(CCCOc2ccc(Cl)cc2)C1=O. The average molecular weight is 311 g/mol. The van der Waals surface area contributed by atoms with Crippen molar-refractivity contribution >= 4 is 23.5 Å². The lowest BCUT2D eigenvalue weighted by Crippen LogP contribution is -2.35. The minimum absolute atomic E-state index is 0.0942. The zero-order valence-corrected chi connectivity index (χ0v) is 12.9. The van der Waals surface area contributed by atoms with Crippen molar-refractivity contribution in [1.29, 1.82) is 0 Å². The van der Waals surface area contributed by atoms with E-state index in [1.807, 2.05) is 13.8 Å². The van der Waals surface area contributed by atoms with Gasteiger partial charge in [-0.3, -0.25) is 9.69 Å². The van der Waals surface area contributed by atoms with Crippen molar-refractivity contribution in [2.75, 3.05) is 13.2 Å². The van der Waals surface area contributed by atoms with E-state index in [2.05, 4.69) is 5.32 Å². The molecule has 0 aliphatic carbocycles. The predicted molar refractivity (Wildman–Crippen MR) is 80.4 cm³/mol. The summed E-state index contributed by atoms with van der Waals surface area (Å²) in [5.41, 5.74) is 0. The maximum atomic E-state index is 12.0. The summed E-state index contributed by atoms with van der Waals surface area (Å²) in [6, 6.07) is 6.35. The molecule has 21 heavy (non-hydrogen) atoms. The van der Waals surface area contributed by atoms with E-state index >= 15 is 0 Å². The fourth-order valence-corrected chi connectivity index (χ4v) is 2.27. The average Bonchev–Trinajstić information content (AvgIpc) is 2.73. The third-order valence-corrected chi connectivity index (χ3v) is 3.58. The van der Waals surface area contributed by atoms with Crippen LogP contribution in [-0.4, -0.2) is 36.0 Å². The first-order valence-corrected chi connectivity index (χ1v) is 7.37. The molecule has 1 aliphatic rings. The zero-order chi connectivity index (χ0) is 15.4. The maximum Gasteiger partial charge on any atom is 0.324 e. The number of ether oxygens (including phenoxy) is 1. The number of carbonyl (C=O) groups excluding carboxylic acids is 2. The van der Waals surface area contributed by atoms with Gasteiger partial charge in [0.05, 0.1) is 6.61 Å². The lowest BCUT2D eigenvalue weighted by Gasteiger charge is -2.14. The number of imide groups is 1. The normalized spacial score (nSPS) is 18.3. The maximum absolute atomic E-state index is 12.0.